The van der Waals surface area contributed by atoms with Crippen molar-refractivity contribution in [3.8, 4) is 0 Å². The van der Waals surface area contributed by atoms with Gasteiger partial charge in [-0.3, -0.25) is 4.79 Å². The molecule has 1 aliphatic carbocycles. The van der Waals surface area contributed by atoms with E-state index in [0.717, 1.165) is 29.1 Å². The van der Waals surface area contributed by atoms with Gasteiger partial charge >= 0.3 is 0 Å². The van der Waals surface area contributed by atoms with Crippen LogP contribution in [0.25, 0.3) is 0 Å². The van der Waals surface area contributed by atoms with Crippen LogP contribution in [0.5, 0.6) is 0 Å². The van der Waals surface area contributed by atoms with E-state index in [1.807, 2.05) is 42.6 Å². The van der Waals surface area contributed by atoms with E-state index in [9.17, 15) is 4.79 Å². The van der Waals surface area contributed by atoms with Gasteiger partial charge in [-0.25, -0.2) is 4.98 Å². The zero-order valence-electron chi connectivity index (χ0n) is 10.8. The first kappa shape index (κ1) is 12.4. The summed E-state index contributed by atoms with van der Waals surface area (Å²) in [6.45, 7) is 2.50. The second-order valence-corrected chi connectivity index (χ2v) is 5.96. The van der Waals surface area contributed by atoms with Gasteiger partial charge in [-0.1, -0.05) is 30.3 Å². The molecule has 0 spiro atoms. The van der Waals surface area contributed by atoms with Crippen LogP contribution in [0.3, 0.4) is 0 Å². The van der Waals surface area contributed by atoms with Gasteiger partial charge < -0.3 is 5.32 Å². The Hall–Kier alpha value is -1.68. The predicted molar refractivity (Wildman–Crippen MR) is 76.1 cm³/mol. The number of hydrogen-bond acceptors (Lipinski definition) is 3. The lowest BCUT2D eigenvalue weighted by Crippen LogP contribution is -2.34. The Balaban J connectivity index is 1.68. The van der Waals surface area contributed by atoms with E-state index < -0.39 is 0 Å². The standard InChI is InChI=1S/C15H16N2OS/c1-11-10-19-13(17-11)9-16-14(18)15(7-8-15)12-5-3-2-4-6-12/h2-6,10H,7-9H2,1H3,(H,16,18). The van der Waals surface area contributed by atoms with Crippen LogP contribution in [-0.2, 0) is 16.8 Å². The molecular formula is C15H16N2OS. The molecule has 19 heavy (non-hydrogen) atoms. The summed E-state index contributed by atoms with van der Waals surface area (Å²) in [4.78, 5) is 16.7. The monoisotopic (exact) mass is 272 g/mol. The number of benzene rings is 1. The minimum atomic E-state index is -0.284. The third-order valence-corrected chi connectivity index (χ3v) is 4.54. The van der Waals surface area contributed by atoms with Crippen molar-refractivity contribution in [3.63, 3.8) is 0 Å². The number of hydrogen-bond donors (Lipinski definition) is 1. The first-order valence-corrected chi connectivity index (χ1v) is 7.33. The molecule has 0 radical (unpaired) electrons. The molecule has 3 rings (SSSR count). The van der Waals surface area contributed by atoms with Gasteiger partial charge in [0, 0.05) is 11.1 Å². The number of nitrogens with zero attached hydrogens (tertiary/aromatic N) is 1. The van der Waals surface area contributed by atoms with E-state index in [4.69, 9.17) is 0 Å². The van der Waals surface area contributed by atoms with Crippen LogP contribution in [-0.4, -0.2) is 10.9 Å². The molecule has 0 atom stereocenters. The average molecular weight is 272 g/mol. The van der Waals surface area contributed by atoms with Crippen molar-refractivity contribution in [2.24, 2.45) is 0 Å². The zero-order valence-corrected chi connectivity index (χ0v) is 11.7. The number of aromatic nitrogens is 1. The molecule has 1 fully saturated rings. The van der Waals surface area contributed by atoms with Gasteiger partial charge in [-0.15, -0.1) is 11.3 Å². The quantitative estimate of drug-likeness (QED) is 0.930. The van der Waals surface area contributed by atoms with E-state index in [1.165, 1.54) is 0 Å². The Morgan fingerprint density at radius 1 is 1.37 bits per heavy atom. The van der Waals surface area contributed by atoms with E-state index >= 15 is 0 Å². The number of carbonyl (C=O) groups excluding carboxylic acids is 1. The maximum atomic E-state index is 12.4. The summed E-state index contributed by atoms with van der Waals surface area (Å²) in [6.07, 6.45) is 1.89. The lowest BCUT2D eigenvalue weighted by molar-refractivity contribution is -0.123. The van der Waals surface area contributed by atoms with E-state index in [1.54, 1.807) is 11.3 Å². The van der Waals surface area contributed by atoms with Gasteiger partial charge in [0.05, 0.1) is 12.0 Å². The molecule has 4 heteroatoms. The molecule has 98 valence electrons. The molecule has 2 aromatic rings. The van der Waals surface area contributed by atoms with Crippen LogP contribution >= 0.6 is 11.3 Å². The number of rotatable bonds is 4. The van der Waals surface area contributed by atoms with Gasteiger partial charge in [0.15, 0.2) is 0 Å². The molecule has 1 heterocycles. The molecule has 1 amide bonds. The first-order valence-electron chi connectivity index (χ1n) is 6.45. The molecule has 1 saturated carbocycles. The summed E-state index contributed by atoms with van der Waals surface area (Å²) in [7, 11) is 0. The number of carbonyl (C=O) groups is 1. The van der Waals surface area contributed by atoms with Crippen molar-refractivity contribution in [2.45, 2.75) is 31.7 Å². The Labute approximate surface area is 116 Å². The lowest BCUT2D eigenvalue weighted by Gasteiger charge is -2.15. The number of amides is 1. The fourth-order valence-corrected chi connectivity index (χ4v) is 3.05. The second-order valence-electron chi connectivity index (χ2n) is 5.01. The van der Waals surface area contributed by atoms with Gasteiger partial charge in [0.2, 0.25) is 5.91 Å². The van der Waals surface area contributed by atoms with Crippen LogP contribution in [0.2, 0.25) is 0 Å². The molecule has 1 aromatic carbocycles. The maximum Gasteiger partial charge on any atom is 0.231 e. The Kier molecular flexibility index (Phi) is 3.11. The topological polar surface area (TPSA) is 42.0 Å². The number of aryl methyl sites for hydroxylation is 1. The summed E-state index contributed by atoms with van der Waals surface area (Å²) in [5, 5.41) is 6.00. The molecular weight excluding hydrogens is 256 g/mol. The van der Waals surface area contributed by atoms with Crippen molar-refractivity contribution in [1.82, 2.24) is 10.3 Å². The Morgan fingerprint density at radius 2 is 2.11 bits per heavy atom. The normalized spacial score (nSPS) is 16.1. The van der Waals surface area contributed by atoms with Crippen molar-refractivity contribution in [2.75, 3.05) is 0 Å². The highest BCUT2D eigenvalue weighted by atomic mass is 32.1. The highest BCUT2D eigenvalue weighted by Crippen LogP contribution is 2.48. The van der Waals surface area contributed by atoms with Crippen molar-refractivity contribution >= 4 is 17.2 Å². The van der Waals surface area contributed by atoms with E-state index in [0.29, 0.717) is 6.54 Å². The summed E-state index contributed by atoms with van der Waals surface area (Å²) in [6, 6.07) is 10.1. The van der Waals surface area contributed by atoms with Gasteiger partial charge in [-0.2, -0.15) is 0 Å². The molecule has 1 aliphatic rings. The third kappa shape index (κ3) is 2.40. The van der Waals surface area contributed by atoms with Crippen LogP contribution in [0, 0.1) is 6.92 Å². The fourth-order valence-electron chi connectivity index (χ4n) is 2.34. The predicted octanol–water partition coefficient (Wildman–Crippen LogP) is 2.80. The van der Waals surface area contributed by atoms with E-state index in [-0.39, 0.29) is 11.3 Å². The average Bonchev–Trinajstić information content (AvgIpc) is 3.15. The first-order chi connectivity index (χ1) is 9.21. The highest BCUT2D eigenvalue weighted by Gasteiger charge is 2.50. The van der Waals surface area contributed by atoms with Crippen molar-refractivity contribution < 1.29 is 4.79 Å². The molecule has 3 nitrogen and oxygen atoms in total. The highest BCUT2D eigenvalue weighted by molar-refractivity contribution is 7.09. The second kappa shape index (κ2) is 4.78. The minimum Gasteiger partial charge on any atom is -0.349 e. The van der Waals surface area contributed by atoms with Crippen LogP contribution in [0.15, 0.2) is 35.7 Å². The SMILES string of the molecule is Cc1csc(CNC(=O)C2(c3ccccc3)CC2)n1. The van der Waals surface area contributed by atoms with E-state index in [2.05, 4.69) is 10.3 Å². The minimum absolute atomic E-state index is 0.131. The smallest absolute Gasteiger partial charge is 0.231 e. The molecule has 0 unspecified atom stereocenters. The van der Waals surface area contributed by atoms with Crippen molar-refractivity contribution in [1.29, 1.82) is 0 Å². The number of nitrogens with one attached hydrogen (secondary N) is 1. The number of thiazole rings is 1. The van der Waals surface area contributed by atoms with Gasteiger partial charge in [-0.05, 0) is 25.3 Å². The van der Waals surface area contributed by atoms with Crippen LogP contribution in [0.1, 0.15) is 29.1 Å². The Bertz CT molecular complexity index is 587. The van der Waals surface area contributed by atoms with Crippen molar-refractivity contribution in [3.05, 3.63) is 52.0 Å². The molecule has 0 aliphatic heterocycles. The Morgan fingerprint density at radius 3 is 2.68 bits per heavy atom. The molecule has 1 aromatic heterocycles. The van der Waals surface area contributed by atoms with Crippen LogP contribution in [0.4, 0.5) is 0 Å². The maximum absolute atomic E-state index is 12.4. The summed E-state index contributed by atoms with van der Waals surface area (Å²) in [5.41, 5.74) is 1.86. The summed E-state index contributed by atoms with van der Waals surface area (Å²) >= 11 is 1.59. The molecule has 0 saturated heterocycles. The van der Waals surface area contributed by atoms with Gasteiger partial charge in [0.25, 0.3) is 0 Å². The largest absolute Gasteiger partial charge is 0.349 e. The zero-order chi connectivity index (χ0) is 13.3. The lowest BCUT2D eigenvalue weighted by atomic mass is 9.95. The molecule has 0 bridgehead atoms. The van der Waals surface area contributed by atoms with Crippen LogP contribution < -0.4 is 5.32 Å². The third-order valence-electron chi connectivity index (χ3n) is 3.58. The fraction of sp³-hybridized carbons (Fsp3) is 0.333. The summed E-state index contributed by atoms with van der Waals surface area (Å²) in [5.74, 6) is 0.131. The summed E-state index contributed by atoms with van der Waals surface area (Å²) < 4.78 is 0. The molecule has 1 N–H and O–H groups in total. The van der Waals surface area contributed by atoms with Gasteiger partial charge in [0.1, 0.15) is 5.01 Å².